The van der Waals surface area contributed by atoms with Crippen molar-refractivity contribution in [3.05, 3.63) is 117 Å². The number of rotatable bonds is 11. The molecule has 2 heterocycles. The van der Waals surface area contributed by atoms with Gasteiger partial charge in [0.2, 0.25) is 20.0 Å². The van der Waals surface area contributed by atoms with Gasteiger partial charge in [0.25, 0.3) is 11.8 Å². The van der Waals surface area contributed by atoms with Gasteiger partial charge in [-0.2, -0.15) is 4.31 Å². The third-order valence-electron chi connectivity index (χ3n) is 11.7. The van der Waals surface area contributed by atoms with Crippen LogP contribution in [0.2, 0.25) is 46.3 Å². The molecule has 0 saturated heterocycles. The summed E-state index contributed by atoms with van der Waals surface area (Å²) in [4.78, 5) is 25.4. The number of nitrogens with zero attached hydrogens (tertiary/aromatic N) is 1. The van der Waals surface area contributed by atoms with Crippen molar-refractivity contribution < 1.29 is 44.1 Å². The van der Waals surface area contributed by atoms with E-state index in [0.29, 0.717) is 34.1 Å². The van der Waals surface area contributed by atoms with E-state index in [-0.39, 0.29) is 55.6 Å². The minimum absolute atomic E-state index is 0.0222. The summed E-state index contributed by atoms with van der Waals surface area (Å²) in [7, 11) is -10.7. The Hall–Kier alpha value is -3.09. The number of amides is 2. The first-order chi connectivity index (χ1) is 29.9. The van der Waals surface area contributed by atoms with Crippen LogP contribution in [0.5, 0.6) is 0 Å². The first-order valence-corrected chi connectivity index (χ1v) is 31.2. The highest BCUT2D eigenvalue weighted by molar-refractivity contribution is 9.09. The van der Waals surface area contributed by atoms with Gasteiger partial charge in [-0.3, -0.25) is 9.59 Å². The quantitative estimate of drug-likeness (QED) is 0.0988. The molecule has 0 radical (unpaired) electrons. The van der Waals surface area contributed by atoms with Crippen molar-refractivity contribution in [1.29, 1.82) is 0 Å². The Balaban J connectivity index is 0.000000241. The van der Waals surface area contributed by atoms with E-state index in [1.54, 1.807) is 12.1 Å². The molecule has 0 bridgehead atoms. The first-order valence-electron chi connectivity index (χ1n) is 20.5. The molecule has 0 aliphatic carbocycles. The maximum atomic E-state index is 13.4. The van der Waals surface area contributed by atoms with Crippen molar-refractivity contribution in [3.8, 4) is 0 Å². The number of hydrogen-bond acceptors (Lipinski definition) is 8. The number of nitrogens with one attached hydrogen (secondary N) is 3. The Labute approximate surface area is 402 Å². The molecule has 12 nitrogen and oxygen atoms in total. The van der Waals surface area contributed by atoms with Gasteiger partial charge in [0.15, 0.2) is 16.6 Å². The van der Waals surface area contributed by atoms with E-state index in [4.69, 9.17) is 32.1 Å². The lowest BCUT2D eigenvalue weighted by molar-refractivity contribution is 0.101. The summed E-state index contributed by atoms with van der Waals surface area (Å²) in [5.74, 6) is -2.15. The lowest BCUT2D eigenvalue weighted by Gasteiger charge is -2.36. The zero-order chi connectivity index (χ0) is 48.9. The Bertz CT molecular complexity index is 2630. The molecular formula is C44H57BrCl2F2N4O8S2Si2. The lowest BCUT2D eigenvalue weighted by Crippen LogP contribution is -2.42. The lowest BCUT2D eigenvalue weighted by atomic mass is 10.1. The molecule has 65 heavy (non-hydrogen) atoms. The number of carbonyl (C=O) groups is 2. The maximum Gasteiger partial charge on any atom is 0.256 e. The van der Waals surface area contributed by atoms with Gasteiger partial charge in [-0.1, -0.05) is 92.8 Å². The summed E-state index contributed by atoms with van der Waals surface area (Å²) in [5.41, 5.74) is 1.98. The van der Waals surface area contributed by atoms with Gasteiger partial charge in [-0.15, -0.1) is 0 Å². The molecule has 6 rings (SSSR count). The fourth-order valence-corrected chi connectivity index (χ4v) is 11.7. The minimum atomic E-state index is -3.72. The second-order valence-corrected chi connectivity index (χ2v) is 33.2. The number of sulfonamides is 2. The van der Waals surface area contributed by atoms with Crippen molar-refractivity contribution in [2.45, 2.75) is 101 Å². The number of fused-ring (bicyclic) bond motifs is 2. The third kappa shape index (κ3) is 13.5. The predicted molar refractivity (Wildman–Crippen MR) is 263 cm³/mol. The van der Waals surface area contributed by atoms with Gasteiger partial charge >= 0.3 is 0 Å². The van der Waals surface area contributed by atoms with Crippen LogP contribution < -0.4 is 15.4 Å². The van der Waals surface area contributed by atoms with E-state index in [1.807, 2.05) is 0 Å². The summed E-state index contributed by atoms with van der Waals surface area (Å²) < 4.78 is 91.8. The molecule has 4 aromatic carbocycles. The van der Waals surface area contributed by atoms with Crippen LogP contribution in [-0.4, -0.2) is 74.7 Å². The van der Waals surface area contributed by atoms with E-state index >= 15 is 0 Å². The van der Waals surface area contributed by atoms with E-state index in [2.05, 4.69) is 99.0 Å². The van der Waals surface area contributed by atoms with Gasteiger partial charge in [0, 0.05) is 66.2 Å². The standard InChI is InChI=1S/C22H28ClFN2O4SSi.C14H10ClFN2O3S.C8H19BrOSi/c1-22(2,3)32(4,5)30-12-11-26-14-17-16(7-6-8-20(17)31(26,28)29)21(27)25-15-9-10-19(24)18(23)13-15;15-11-6-8(4-5-12(11)16)18-14(19)9-2-1-3-13-10(9)7-17-22(13,20)21;1-8(2,3)11(4,5)10-7-6-9/h6-10,13H,11-12,14H2,1-5H3,(H,25,27);1-6,17H,7H2,(H,18,19);6-7H2,1-5H3. The SMILES string of the molecule is CC(C)(C)[Si](C)(C)OCCBr.CC(C)(C)[Si](C)(C)OCCN1Cc2c(C(=O)Nc3ccc(F)c(Cl)c3)cccc2S1(=O)=O.O=C(Nc1ccc(F)c(Cl)c1)c1cccc2c1CNS2(=O)=O. The molecule has 2 amide bonds. The van der Waals surface area contributed by atoms with Crippen molar-refractivity contribution in [2.75, 3.05) is 35.7 Å². The average molecular weight is 1080 g/mol. The van der Waals surface area contributed by atoms with Crippen LogP contribution in [0.1, 0.15) is 73.4 Å². The molecule has 0 spiro atoms. The largest absolute Gasteiger partial charge is 0.416 e. The van der Waals surface area contributed by atoms with Crippen molar-refractivity contribution in [3.63, 3.8) is 0 Å². The molecule has 0 aromatic heterocycles. The number of alkyl halides is 1. The van der Waals surface area contributed by atoms with Crippen LogP contribution in [0.15, 0.2) is 82.6 Å². The second-order valence-electron chi connectivity index (χ2n) is 18.3. The fraction of sp³-hybridized carbons (Fsp3) is 0.409. The summed E-state index contributed by atoms with van der Waals surface area (Å²) in [6.07, 6.45) is 0. The molecular weight excluding hydrogens is 1020 g/mol. The minimum Gasteiger partial charge on any atom is -0.416 e. The molecule has 2 aliphatic rings. The second kappa shape index (κ2) is 21.5. The van der Waals surface area contributed by atoms with E-state index in [9.17, 15) is 35.2 Å². The summed E-state index contributed by atoms with van der Waals surface area (Å²) >= 11 is 14.8. The Morgan fingerprint density at radius 2 is 1.17 bits per heavy atom. The normalized spacial score (nSPS) is 15.4. The Morgan fingerprint density at radius 3 is 1.62 bits per heavy atom. The molecule has 0 fully saturated rings. The molecule has 3 N–H and O–H groups in total. The summed E-state index contributed by atoms with van der Waals surface area (Å²) in [6.45, 7) is 23.4. The molecule has 2 aliphatic heterocycles. The number of halogens is 5. The highest BCUT2D eigenvalue weighted by Crippen LogP contribution is 2.38. The highest BCUT2D eigenvalue weighted by atomic mass is 79.9. The summed E-state index contributed by atoms with van der Waals surface area (Å²) in [5, 5.41) is 6.31. The van der Waals surface area contributed by atoms with Crippen LogP contribution in [0.3, 0.4) is 0 Å². The molecule has 4 aromatic rings. The van der Waals surface area contributed by atoms with Crippen LogP contribution in [-0.2, 0) is 42.0 Å². The summed E-state index contributed by atoms with van der Waals surface area (Å²) in [6, 6.07) is 16.7. The van der Waals surface area contributed by atoms with E-state index in [1.165, 1.54) is 52.8 Å². The molecule has 0 saturated carbocycles. The van der Waals surface area contributed by atoms with Gasteiger partial charge in [0.1, 0.15) is 11.6 Å². The van der Waals surface area contributed by atoms with Gasteiger partial charge < -0.3 is 19.5 Å². The fourth-order valence-electron chi connectivity index (χ4n) is 5.91. The van der Waals surface area contributed by atoms with Gasteiger partial charge in [0.05, 0.1) is 19.8 Å². The molecule has 0 unspecified atom stereocenters. The van der Waals surface area contributed by atoms with Crippen LogP contribution in [0.25, 0.3) is 0 Å². The molecule has 0 atom stereocenters. The van der Waals surface area contributed by atoms with Crippen LogP contribution >= 0.6 is 39.1 Å². The van der Waals surface area contributed by atoms with Gasteiger partial charge in [-0.05, 0) is 102 Å². The van der Waals surface area contributed by atoms with Crippen molar-refractivity contribution in [2.24, 2.45) is 0 Å². The topological polar surface area (TPSA) is 160 Å². The van der Waals surface area contributed by atoms with E-state index < -0.39 is 60.1 Å². The van der Waals surface area contributed by atoms with Crippen molar-refractivity contribution in [1.82, 2.24) is 9.03 Å². The van der Waals surface area contributed by atoms with Crippen LogP contribution in [0.4, 0.5) is 20.2 Å². The van der Waals surface area contributed by atoms with Gasteiger partial charge in [-0.25, -0.2) is 30.3 Å². The maximum absolute atomic E-state index is 13.4. The first kappa shape index (κ1) is 54.5. The number of hydrogen-bond donors (Lipinski definition) is 3. The average Bonchev–Trinajstić information content (AvgIpc) is 3.66. The predicted octanol–water partition coefficient (Wildman–Crippen LogP) is 11.2. The number of carbonyl (C=O) groups excluding carboxylic acids is 2. The smallest absolute Gasteiger partial charge is 0.256 e. The molecule has 356 valence electrons. The van der Waals surface area contributed by atoms with Crippen molar-refractivity contribution >= 4 is 99.0 Å². The molecule has 21 heteroatoms. The van der Waals surface area contributed by atoms with E-state index in [0.717, 1.165) is 24.1 Å². The van der Waals surface area contributed by atoms with Crippen LogP contribution in [0, 0.1) is 11.6 Å². The zero-order valence-electron chi connectivity index (χ0n) is 38.1. The zero-order valence-corrected chi connectivity index (χ0v) is 44.8. The number of anilines is 2. The third-order valence-corrected chi connectivity index (χ3v) is 25.1. The Morgan fingerprint density at radius 1 is 0.723 bits per heavy atom. The Kier molecular flexibility index (Phi) is 18.0. The highest BCUT2D eigenvalue weighted by Gasteiger charge is 2.40. The monoisotopic (exact) mass is 1080 g/mol. The number of benzene rings is 4.